The number of piperazine rings is 1. The Morgan fingerprint density at radius 3 is 2.56 bits per heavy atom. The second kappa shape index (κ2) is 10.2. The number of hydrogen-bond donors (Lipinski definition) is 1. The molecule has 0 saturated carbocycles. The van der Waals surface area contributed by atoms with Gasteiger partial charge in [0.25, 0.3) is 0 Å². The number of nitrogens with zero attached hydrogens (tertiary/aromatic N) is 2. The Bertz CT molecular complexity index is 730. The molecule has 0 aliphatic carbocycles. The average molecular weight is 398 g/mol. The Kier molecular flexibility index (Phi) is 8.22. The van der Waals surface area contributed by atoms with Crippen LogP contribution in [0.5, 0.6) is 0 Å². The molecule has 1 fully saturated rings. The topological polar surface area (TPSA) is 79.0 Å². The van der Waals surface area contributed by atoms with Gasteiger partial charge in [0.1, 0.15) is 0 Å². The van der Waals surface area contributed by atoms with Crippen LogP contribution < -0.4 is 5.32 Å². The number of methoxy groups -OCH3 is 1. The first-order valence-electron chi connectivity index (χ1n) is 9.41. The van der Waals surface area contributed by atoms with Crippen molar-refractivity contribution in [1.82, 2.24) is 14.5 Å². The fourth-order valence-electron chi connectivity index (χ4n) is 3.26. The molecular weight excluding hydrogens is 366 g/mol. The minimum absolute atomic E-state index is 0.00377. The third kappa shape index (κ3) is 6.00. The normalized spacial score (nSPS) is 15.3. The maximum atomic E-state index is 13.2. The molecule has 1 aromatic rings. The number of amides is 1. The molecule has 1 aliphatic heterocycles. The van der Waals surface area contributed by atoms with Gasteiger partial charge in [0.15, 0.2) is 0 Å². The summed E-state index contributed by atoms with van der Waals surface area (Å²) < 4.78 is 32.9. The highest BCUT2D eigenvalue weighted by Crippen LogP contribution is 2.21. The fourth-order valence-corrected chi connectivity index (χ4v) is 4.94. The van der Waals surface area contributed by atoms with Crippen LogP contribution in [-0.4, -0.2) is 76.5 Å². The number of carbonyl (C=O) groups excluding carboxylic acids is 1. The van der Waals surface area contributed by atoms with Gasteiger partial charge in [0, 0.05) is 59.4 Å². The highest BCUT2D eigenvalue weighted by Gasteiger charge is 2.27. The van der Waals surface area contributed by atoms with E-state index in [9.17, 15) is 13.2 Å². The van der Waals surface area contributed by atoms with Crippen LogP contribution in [0.3, 0.4) is 0 Å². The molecule has 0 bridgehead atoms. The molecule has 7 nitrogen and oxygen atoms in total. The van der Waals surface area contributed by atoms with Gasteiger partial charge < -0.3 is 15.0 Å². The molecule has 2 rings (SSSR count). The summed E-state index contributed by atoms with van der Waals surface area (Å²) in [5, 5.41) is 3.21. The quantitative estimate of drug-likeness (QED) is 0.633. The number of hydrogen-bond acceptors (Lipinski definition) is 5. The lowest BCUT2D eigenvalue weighted by Crippen LogP contribution is -2.47. The molecule has 27 heavy (non-hydrogen) atoms. The number of carbonyl (C=O) groups is 1. The highest BCUT2D eigenvalue weighted by atomic mass is 32.2. The number of aryl methyl sites for hydroxylation is 2. The maximum Gasteiger partial charge on any atom is 0.243 e. The SMILES string of the molecule is COCCCN(CCC(=O)N1CCNCC1)S(=O)(=O)c1ccc(C)cc1C. The van der Waals surface area contributed by atoms with Crippen molar-refractivity contribution in [3.05, 3.63) is 29.3 Å². The Morgan fingerprint density at radius 2 is 1.93 bits per heavy atom. The number of ether oxygens (including phenoxy) is 1. The smallest absolute Gasteiger partial charge is 0.243 e. The first-order valence-corrected chi connectivity index (χ1v) is 10.8. The van der Waals surface area contributed by atoms with Gasteiger partial charge in [-0.3, -0.25) is 4.79 Å². The number of benzene rings is 1. The van der Waals surface area contributed by atoms with E-state index in [2.05, 4.69) is 5.32 Å². The van der Waals surface area contributed by atoms with Crippen LogP contribution in [0.2, 0.25) is 0 Å². The van der Waals surface area contributed by atoms with E-state index in [1.165, 1.54) is 4.31 Å². The Hall–Kier alpha value is -1.48. The predicted molar refractivity (Wildman–Crippen MR) is 105 cm³/mol. The van der Waals surface area contributed by atoms with Crippen LogP contribution in [0.4, 0.5) is 0 Å². The summed E-state index contributed by atoms with van der Waals surface area (Å²) in [6.45, 7) is 7.64. The van der Waals surface area contributed by atoms with Crippen LogP contribution in [0.25, 0.3) is 0 Å². The summed E-state index contributed by atoms with van der Waals surface area (Å²) in [5.41, 5.74) is 1.74. The van der Waals surface area contributed by atoms with E-state index in [0.717, 1.165) is 24.2 Å². The molecule has 1 saturated heterocycles. The Morgan fingerprint density at radius 1 is 1.22 bits per heavy atom. The van der Waals surface area contributed by atoms with Crippen molar-refractivity contribution >= 4 is 15.9 Å². The van der Waals surface area contributed by atoms with Crippen molar-refractivity contribution in [2.24, 2.45) is 0 Å². The summed E-state index contributed by atoms with van der Waals surface area (Å²) >= 11 is 0. The molecule has 1 amide bonds. The molecule has 1 aromatic carbocycles. The van der Waals surface area contributed by atoms with Crippen LogP contribution in [0, 0.1) is 13.8 Å². The fraction of sp³-hybridized carbons (Fsp3) is 0.632. The van der Waals surface area contributed by atoms with Gasteiger partial charge in [0.05, 0.1) is 4.90 Å². The summed E-state index contributed by atoms with van der Waals surface area (Å²) in [5.74, 6) is 0.00377. The van der Waals surface area contributed by atoms with E-state index >= 15 is 0 Å². The molecule has 0 radical (unpaired) electrons. The van der Waals surface area contributed by atoms with Crippen molar-refractivity contribution in [3.63, 3.8) is 0 Å². The average Bonchev–Trinajstić information content (AvgIpc) is 2.64. The van der Waals surface area contributed by atoms with Gasteiger partial charge in [-0.05, 0) is 31.9 Å². The summed E-state index contributed by atoms with van der Waals surface area (Å²) in [7, 11) is -2.07. The van der Waals surface area contributed by atoms with Crippen molar-refractivity contribution in [3.8, 4) is 0 Å². The van der Waals surface area contributed by atoms with E-state index in [1.807, 2.05) is 13.0 Å². The summed E-state index contributed by atoms with van der Waals surface area (Å²) in [4.78, 5) is 14.6. The standard InChI is InChI=1S/C19H31N3O4S/c1-16-5-6-18(17(2)15-16)27(24,25)22(10-4-14-26-3)11-7-19(23)21-12-8-20-9-13-21/h5-6,15,20H,4,7-14H2,1-3H3. The lowest BCUT2D eigenvalue weighted by Gasteiger charge is -2.29. The summed E-state index contributed by atoms with van der Waals surface area (Å²) in [6, 6.07) is 5.33. The van der Waals surface area contributed by atoms with Gasteiger partial charge in [-0.1, -0.05) is 17.7 Å². The minimum atomic E-state index is -3.66. The molecular formula is C19H31N3O4S. The third-order valence-corrected chi connectivity index (χ3v) is 6.81. The summed E-state index contributed by atoms with van der Waals surface area (Å²) in [6.07, 6.45) is 0.777. The van der Waals surface area contributed by atoms with Crippen LogP contribution in [0.1, 0.15) is 24.0 Å². The van der Waals surface area contributed by atoms with Crippen molar-refractivity contribution in [2.75, 3.05) is 53.0 Å². The van der Waals surface area contributed by atoms with Crippen molar-refractivity contribution in [2.45, 2.75) is 31.6 Å². The molecule has 8 heteroatoms. The minimum Gasteiger partial charge on any atom is -0.385 e. The van der Waals surface area contributed by atoms with Crippen LogP contribution in [-0.2, 0) is 19.6 Å². The molecule has 1 heterocycles. The highest BCUT2D eigenvalue weighted by molar-refractivity contribution is 7.89. The molecule has 0 unspecified atom stereocenters. The van der Waals surface area contributed by atoms with Crippen LogP contribution >= 0.6 is 0 Å². The number of sulfonamides is 1. The zero-order valence-corrected chi connectivity index (χ0v) is 17.3. The lowest BCUT2D eigenvalue weighted by molar-refractivity contribution is -0.131. The van der Waals surface area contributed by atoms with Gasteiger partial charge in [-0.15, -0.1) is 0 Å². The first kappa shape index (κ1) is 21.8. The van der Waals surface area contributed by atoms with E-state index in [1.54, 1.807) is 31.1 Å². The first-order chi connectivity index (χ1) is 12.9. The Balaban J connectivity index is 2.13. The molecule has 0 atom stereocenters. The molecule has 1 N–H and O–H groups in total. The zero-order chi connectivity index (χ0) is 19.9. The van der Waals surface area contributed by atoms with E-state index < -0.39 is 10.0 Å². The molecule has 0 spiro atoms. The molecule has 1 aliphatic rings. The van der Waals surface area contributed by atoms with Gasteiger partial charge in [-0.2, -0.15) is 4.31 Å². The van der Waals surface area contributed by atoms with E-state index in [-0.39, 0.29) is 18.9 Å². The van der Waals surface area contributed by atoms with Crippen molar-refractivity contribution < 1.29 is 17.9 Å². The van der Waals surface area contributed by atoms with Gasteiger partial charge >= 0.3 is 0 Å². The zero-order valence-electron chi connectivity index (χ0n) is 16.5. The number of rotatable bonds is 9. The van der Waals surface area contributed by atoms with Crippen LogP contribution in [0.15, 0.2) is 23.1 Å². The Labute approximate surface area is 162 Å². The third-order valence-electron chi connectivity index (χ3n) is 4.75. The largest absolute Gasteiger partial charge is 0.385 e. The predicted octanol–water partition coefficient (Wildman–Crippen LogP) is 1.15. The van der Waals surface area contributed by atoms with Gasteiger partial charge in [0.2, 0.25) is 15.9 Å². The molecule has 152 valence electrons. The monoisotopic (exact) mass is 397 g/mol. The second-order valence-corrected chi connectivity index (χ2v) is 8.81. The van der Waals surface area contributed by atoms with Gasteiger partial charge in [-0.25, -0.2) is 8.42 Å². The lowest BCUT2D eigenvalue weighted by atomic mass is 10.2. The molecule has 0 aromatic heterocycles. The van der Waals surface area contributed by atoms with E-state index in [4.69, 9.17) is 4.74 Å². The van der Waals surface area contributed by atoms with E-state index in [0.29, 0.717) is 37.6 Å². The second-order valence-electron chi connectivity index (χ2n) is 6.90. The maximum absolute atomic E-state index is 13.2. The van der Waals surface area contributed by atoms with Crippen molar-refractivity contribution in [1.29, 1.82) is 0 Å². The number of nitrogens with one attached hydrogen (secondary N) is 1.